The first-order valence-corrected chi connectivity index (χ1v) is 11.5. The number of likely N-dealkylation sites (N-methyl/N-ethyl adjacent to an activating group) is 1. The first kappa shape index (κ1) is 21.2. The minimum absolute atomic E-state index is 0.223. The lowest BCUT2D eigenvalue weighted by atomic mass is 10.2. The van der Waals surface area contributed by atoms with Crippen LogP contribution in [0.2, 0.25) is 0 Å². The normalized spacial score (nSPS) is 15.6. The summed E-state index contributed by atoms with van der Waals surface area (Å²) in [6, 6.07) is 11.4. The Hall–Kier alpha value is -3.08. The van der Waals surface area contributed by atoms with Crippen LogP contribution in [0.1, 0.15) is 17.3 Å². The number of hydrogen-bond acceptors (Lipinski definition) is 6. The predicted octanol–water partition coefficient (Wildman–Crippen LogP) is 1.85. The average Bonchev–Trinajstić information content (AvgIpc) is 3.34. The number of anilines is 1. The molecule has 2 aromatic heterocycles. The van der Waals surface area contributed by atoms with Gasteiger partial charge < -0.3 is 10.2 Å². The molecule has 162 valence electrons. The Morgan fingerprint density at radius 3 is 2.39 bits per heavy atom. The minimum Gasteiger partial charge on any atom is -0.322 e. The lowest BCUT2D eigenvalue weighted by Crippen LogP contribution is -2.48. The monoisotopic (exact) mass is 440 g/mol. The van der Waals surface area contributed by atoms with Crippen LogP contribution in [0.25, 0.3) is 5.82 Å². The quantitative estimate of drug-likeness (QED) is 0.628. The summed E-state index contributed by atoms with van der Waals surface area (Å²) in [5, 5.41) is 6.86. The van der Waals surface area contributed by atoms with Crippen LogP contribution in [0, 0.1) is 0 Å². The Kier molecular flexibility index (Phi) is 6.12. The first-order chi connectivity index (χ1) is 15.0. The number of rotatable bonds is 6. The zero-order valence-corrected chi connectivity index (χ0v) is 18.0. The predicted molar refractivity (Wildman–Crippen MR) is 117 cm³/mol. The Balaban J connectivity index is 1.40. The molecular weight excluding hydrogens is 416 g/mol. The third kappa shape index (κ3) is 4.66. The molecule has 0 radical (unpaired) electrons. The summed E-state index contributed by atoms with van der Waals surface area (Å²) in [5.74, 6) is 0.279. The van der Waals surface area contributed by atoms with Gasteiger partial charge in [-0.15, -0.1) is 0 Å². The summed E-state index contributed by atoms with van der Waals surface area (Å²) in [4.78, 5) is 19.2. The van der Waals surface area contributed by atoms with Crippen molar-refractivity contribution in [1.82, 2.24) is 24.0 Å². The summed E-state index contributed by atoms with van der Waals surface area (Å²) < 4.78 is 28.9. The Labute approximate surface area is 181 Å². The number of aromatic nitrogens is 3. The molecule has 9 nitrogen and oxygen atoms in total. The van der Waals surface area contributed by atoms with Crippen LogP contribution in [0.5, 0.6) is 0 Å². The van der Waals surface area contributed by atoms with E-state index in [0.717, 1.165) is 19.6 Å². The van der Waals surface area contributed by atoms with Crippen molar-refractivity contribution in [1.29, 1.82) is 0 Å². The highest BCUT2D eigenvalue weighted by molar-refractivity contribution is 7.89. The third-order valence-electron chi connectivity index (χ3n) is 5.28. The second kappa shape index (κ2) is 8.96. The molecule has 31 heavy (non-hydrogen) atoms. The van der Waals surface area contributed by atoms with Crippen molar-refractivity contribution in [3.63, 3.8) is 0 Å². The molecule has 0 spiro atoms. The molecule has 1 aliphatic heterocycles. The van der Waals surface area contributed by atoms with E-state index in [1.807, 2.05) is 0 Å². The number of sulfonamides is 1. The van der Waals surface area contributed by atoms with Gasteiger partial charge >= 0.3 is 0 Å². The number of nitrogens with one attached hydrogen (secondary N) is 1. The Bertz CT molecular complexity index is 1120. The zero-order valence-electron chi connectivity index (χ0n) is 17.2. The fourth-order valence-corrected chi connectivity index (χ4v) is 4.83. The molecule has 1 N–H and O–H groups in total. The van der Waals surface area contributed by atoms with Gasteiger partial charge in [0.25, 0.3) is 5.91 Å². The summed E-state index contributed by atoms with van der Waals surface area (Å²) in [6.45, 7) is 5.42. The summed E-state index contributed by atoms with van der Waals surface area (Å²) >= 11 is 0. The van der Waals surface area contributed by atoms with Gasteiger partial charge in [0.2, 0.25) is 10.0 Å². The lowest BCUT2D eigenvalue weighted by Gasteiger charge is -2.33. The average molecular weight is 441 g/mol. The van der Waals surface area contributed by atoms with Gasteiger partial charge in [0.1, 0.15) is 0 Å². The fourth-order valence-electron chi connectivity index (χ4n) is 3.41. The number of carbonyl (C=O) groups excluding carboxylic acids is 1. The van der Waals surface area contributed by atoms with Gasteiger partial charge in [-0.3, -0.25) is 4.79 Å². The Morgan fingerprint density at radius 2 is 1.81 bits per heavy atom. The highest BCUT2D eigenvalue weighted by Crippen LogP contribution is 2.20. The third-order valence-corrected chi connectivity index (χ3v) is 7.19. The van der Waals surface area contributed by atoms with Crippen molar-refractivity contribution in [3.05, 3.63) is 66.6 Å². The highest BCUT2D eigenvalue weighted by atomic mass is 32.2. The van der Waals surface area contributed by atoms with Gasteiger partial charge in [-0.25, -0.2) is 18.1 Å². The maximum Gasteiger partial charge on any atom is 0.257 e. The second-order valence-electron chi connectivity index (χ2n) is 7.17. The highest BCUT2D eigenvalue weighted by Gasteiger charge is 2.27. The van der Waals surface area contributed by atoms with E-state index in [4.69, 9.17) is 0 Å². The van der Waals surface area contributed by atoms with E-state index in [9.17, 15) is 13.2 Å². The smallest absolute Gasteiger partial charge is 0.257 e. The van der Waals surface area contributed by atoms with Crippen molar-refractivity contribution in [2.45, 2.75) is 11.8 Å². The van der Waals surface area contributed by atoms with Crippen LogP contribution < -0.4 is 5.32 Å². The summed E-state index contributed by atoms with van der Waals surface area (Å²) in [5.41, 5.74) is 0.900. The summed E-state index contributed by atoms with van der Waals surface area (Å²) in [6.07, 6.45) is 4.89. The largest absolute Gasteiger partial charge is 0.322 e. The fraction of sp³-hybridized carbons (Fsp3) is 0.286. The molecule has 0 atom stereocenters. The number of amides is 1. The van der Waals surface area contributed by atoms with Crippen molar-refractivity contribution in [2.75, 3.05) is 38.0 Å². The molecule has 0 saturated carbocycles. The van der Waals surface area contributed by atoms with Crippen LogP contribution in [-0.2, 0) is 10.0 Å². The maximum absolute atomic E-state index is 12.9. The van der Waals surface area contributed by atoms with E-state index in [1.54, 1.807) is 47.4 Å². The van der Waals surface area contributed by atoms with E-state index in [-0.39, 0.29) is 10.8 Å². The van der Waals surface area contributed by atoms with Crippen LogP contribution >= 0.6 is 0 Å². The van der Waals surface area contributed by atoms with Crippen LogP contribution in [0.3, 0.4) is 0 Å². The van der Waals surface area contributed by atoms with Crippen molar-refractivity contribution in [3.8, 4) is 5.82 Å². The van der Waals surface area contributed by atoms with E-state index >= 15 is 0 Å². The number of pyridine rings is 1. The molecule has 0 aliphatic carbocycles. The molecule has 3 heterocycles. The van der Waals surface area contributed by atoms with Crippen LogP contribution in [0.15, 0.2) is 66.0 Å². The SMILES string of the molecule is CCN1CCN(S(=O)(=O)c2ccc(NC(=O)c3ccc(-n4cccn4)nc3)cc2)CC1. The number of carbonyl (C=O) groups is 1. The van der Waals surface area contributed by atoms with Crippen molar-refractivity contribution >= 4 is 21.6 Å². The molecule has 1 amide bonds. The van der Waals surface area contributed by atoms with E-state index in [2.05, 4.69) is 27.2 Å². The molecular formula is C21H24N6O3S. The number of nitrogens with zero attached hydrogens (tertiary/aromatic N) is 5. The number of hydrogen-bond donors (Lipinski definition) is 1. The van der Waals surface area contributed by atoms with Crippen molar-refractivity contribution in [2.24, 2.45) is 0 Å². The first-order valence-electron chi connectivity index (χ1n) is 10.1. The standard InChI is InChI=1S/C21H24N6O3S/c1-2-25-12-14-26(15-13-25)31(29,30)19-7-5-18(6-8-19)24-21(28)17-4-9-20(22-16-17)27-11-3-10-23-27/h3-11,16H,2,12-15H2,1H3,(H,24,28). The van der Waals surface area contributed by atoms with Gasteiger partial charge in [-0.2, -0.15) is 9.40 Å². The topological polar surface area (TPSA) is 100 Å². The zero-order chi connectivity index (χ0) is 21.8. The van der Waals surface area contributed by atoms with Gasteiger partial charge in [0, 0.05) is 50.5 Å². The minimum atomic E-state index is -3.54. The molecule has 1 aliphatic rings. The molecule has 0 bridgehead atoms. The molecule has 10 heteroatoms. The van der Waals surface area contributed by atoms with Crippen molar-refractivity contribution < 1.29 is 13.2 Å². The van der Waals surface area contributed by atoms with E-state index in [1.165, 1.54) is 22.6 Å². The van der Waals surface area contributed by atoms with Gasteiger partial charge in [-0.05, 0) is 49.0 Å². The maximum atomic E-state index is 12.9. The molecule has 3 aromatic rings. The lowest BCUT2D eigenvalue weighted by molar-refractivity contribution is 0.102. The Morgan fingerprint density at radius 1 is 1.06 bits per heavy atom. The molecule has 1 aromatic carbocycles. The van der Waals surface area contributed by atoms with Crippen LogP contribution in [0.4, 0.5) is 5.69 Å². The molecule has 4 rings (SSSR count). The second-order valence-corrected chi connectivity index (χ2v) is 9.11. The van der Waals surface area contributed by atoms with Gasteiger partial charge in [0.15, 0.2) is 5.82 Å². The molecule has 1 fully saturated rings. The van der Waals surface area contributed by atoms with Gasteiger partial charge in [0.05, 0.1) is 10.5 Å². The summed E-state index contributed by atoms with van der Waals surface area (Å²) in [7, 11) is -3.54. The molecule has 1 saturated heterocycles. The van der Waals surface area contributed by atoms with Gasteiger partial charge in [-0.1, -0.05) is 6.92 Å². The molecule has 0 unspecified atom stereocenters. The van der Waals surface area contributed by atoms with Crippen LogP contribution in [-0.4, -0.2) is 71.0 Å². The number of benzene rings is 1. The number of piperazine rings is 1. The van der Waals surface area contributed by atoms with E-state index in [0.29, 0.717) is 30.2 Å². The van der Waals surface area contributed by atoms with E-state index < -0.39 is 10.0 Å².